The second-order valence-corrected chi connectivity index (χ2v) is 9.79. The van der Waals surface area contributed by atoms with Crippen molar-refractivity contribution >= 4 is 0 Å². The van der Waals surface area contributed by atoms with Gasteiger partial charge in [0.25, 0.3) is 0 Å². The molecule has 5 nitrogen and oxygen atoms in total. The number of aryl methyl sites for hydroxylation is 1. The summed E-state index contributed by atoms with van der Waals surface area (Å²) in [6.07, 6.45) is 7.53. The van der Waals surface area contributed by atoms with Gasteiger partial charge < -0.3 is 19.7 Å². The first-order valence-corrected chi connectivity index (χ1v) is 12.6. The molecule has 0 spiro atoms. The fraction of sp³-hybridized carbons (Fsp3) is 0.643. The summed E-state index contributed by atoms with van der Waals surface area (Å²) >= 11 is 0. The third-order valence-electron chi connectivity index (χ3n) is 7.48. The molecule has 2 aliphatic heterocycles. The first kappa shape index (κ1) is 24.3. The van der Waals surface area contributed by atoms with Crippen molar-refractivity contribution < 1.29 is 19.7 Å². The Balaban J connectivity index is 1.38. The van der Waals surface area contributed by atoms with E-state index in [-0.39, 0.29) is 23.9 Å². The van der Waals surface area contributed by atoms with Crippen LogP contribution in [0.15, 0.2) is 30.4 Å². The van der Waals surface area contributed by atoms with Gasteiger partial charge in [0, 0.05) is 43.3 Å². The van der Waals surface area contributed by atoms with Gasteiger partial charge in [-0.2, -0.15) is 0 Å². The van der Waals surface area contributed by atoms with Gasteiger partial charge in [0.1, 0.15) is 11.9 Å². The molecular weight excluding hydrogens is 414 g/mol. The van der Waals surface area contributed by atoms with Gasteiger partial charge in [-0.3, -0.25) is 4.90 Å². The Morgan fingerprint density at radius 2 is 2.06 bits per heavy atom. The number of benzene rings is 1. The number of unbranched alkanes of at least 4 members (excludes halogenated alkanes) is 1. The Hall–Kier alpha value is -1.84. The molecule has 180 valence electrons. The first-order valence-electron chi connectivity index (χ1n) is 12.6. The lowest BCUT2D eigenvalue weighted by Crippen LogP contribution is -2.36. The highest BCUT2D eigenvalue weighted by atomic mass is 16.5. The zero-order chi connectivity index (χ0) is 23.2. The van der Waals surface area contributed by atoms with Crippen LogP contribution >= 0.6 is 0 Å². The van der Waals surface area contributed by atoms with Crippen molar-refractivity contribution in [2.45, 2.75) is 70.2 Å². The van der Waals surface area contributed by atoms with E-state index in [1.54, 1.807) is 0 Å². The highest BCUT2D eigenvalue weighted by Crippen LogP contribution is 2.52. The van der Waals surface area contributed by atoms with Gasteiger partial charge in [-0.25, -0.2) is 0 Å². The lowest BCUT2D eigenvalue weighted by atomic mass is 9.86. The van der Waals surface area contributed by atoms with E-state index in [9.17, 15) is 10.2 Å². The number of para-hydroxylation sites is 1. The van der Waals surface area contributed by atoms with Crippen molar-refractivity contribution in [3.05, 3.63) is 41.5 Å². The molecule has 0 amide bonds. The average molecular weight is 454 g/mol. The number of aliphatic hydroxyl groups is 2. The lowest BCUT2D eigenvalue weighted by Gasteiger charge is -2.26. The summed E-state index contributed by atoms with van der Waals surface area (Å²) in [5, 5.41) is 21.2. The second kappa shape index (κ2) is 11.5. The van der Waals surface area contributed by atoms with E-state index in [1.807, 2.05) is 26.0 Å². The predicted molar refractivity (Wildman–Crippen MR) is 130 cm³/mol. The number of hydrogen-bond acceptors (Lipinski definition) is 5. The maximum absolute atomic E-state index is 10.7. The number of morpholine rings is 1. The Morgan fingerprint density at radius 1 is 1.24 bits per heavy atom. The fourth-order valence-corrected chi connectivity index (χ4v) is 5.46. The largest absolute Gasteiger partial charge is 0.489 e. The van der Waals surface area contributed by atoms with Crippen molar-refractivity contribution in [2.24, 2.45) is 11.8 Å². The van der Waals surface area contributed by atoms with E-state index in [0.29, 0.717) is 12.8 Å². The third-order valence-corrected chi connectivity index (χ3v) is 7.48. The molecule has 2 heterocycles. The van der Waals surface area contributed by atoms with Crippen molar-refractivity contribution in [3.63, 3.8) is 0 Å². The summed E-state index contributed by atoms with van der Waals surface area (Å²) in [6, 6.07) is 6.48. The van der Waals surface area contributed by atoms with Crippen LogP contribution in [-0.2, 0) is 11.2 Å². The number of rotatable bonds is 9. The summed E-state index contributed by atoms with van der Waals surface area (Å²) in [4.78, 5) is 2.49. The molecule has 4 rings (SSSR count). The summed E-state index contributed by atoms with van der Waals surface area (Å²) < 4.78 is 11.9. The van der Waals surface area contributed by atoms with E-state index >= 15 is 0 Å². The van der Waals surface area contributed by atoms with Gasteiger partial charge in [-0.15, -0.1) is 11.8 Å². The lowest BCUT2D eigenvalue weighted by molar-refractivity contribution is 0.0372. The summed E-state index contributed by atoms with van der Waals surface area (Å²) in [5.74, 6) is 7.15. The van der Waals surface area contributed by atoms with E-state index in [4.69, 9.17) is 9.47 Å². The van der Waals surface area contributed by atoms with Crippen molar-refractivity contribution in [1.82, 2.24) is 4.90 Å². The molecule has 1 saturated heterocycles. The van der Waals surface area contributed by atoms with Crippen LogP contribution in [0, 0.1) is 23.7 Å². The molecule has 2 fully saturated rings. The number of ether oxygens (including phenoxy) is 2. The third kappa shape index (κ3) is 5.81. The monoisotopic (exact) mass is 453 g/mol. The molecule has 0 aromatic heterocycles. The van der Waals surface area contributed by atoms with E-state index in [0.717, 1.165) is 51.4 Å². The smallest absolute Gasteiger partial charge is 0.126 e. The Morgan fingerprint density at radius 3 is 2.85 bits per heavy atom. The topological polar surface area (TPSA) is 62.2 Å². The van der Waals surface area contributed by atoms with Crippen LogP contribution < -0.4 is 4.74 Å². The van der Waals surface area contributed by atoms with Gasteiger partial charge in [0.05, 0.1) is 25.4 Å². The normalized spacial score (nSPS) is 28.6. The standard InChI is InChI=1S/C28H39NO4/c1-3-4-8-20(2)24(30)13-12-22-25(31)19-26-27(22)23-11-7-10-21(28(23)33-26)9-5-6-14-29-15-17-32-18-16-29/h7,10-13,20,22,24-27,30-31H,5-6,8-9,14-19H2,1-2H3/b13-12+/t20-,22+,24+,25-,26+,27+/m1/s1. The van der Waals surface area contributed by atoms with Crippen LogP contribution in [0.2, 0.25) is 0 Å². The fourth-order valence-electron chi connectivity index (χ4n) is 5.46. The minimum Gasteiger partial charge on any atom is -0.489 e. The molecular formula is C28H39NO4. The van der Waals surface area contributed by atoms with Gasteiger partial charge in [0.15, 0.2) is 0 Å². The summed E-state index contributed by atoms with van der Waals surface area (Å²) in [7, 11) is 0. The molecule has 0 unspecified atom stereocenters. The molecule has 2 N–H and O–H groups in total. The predicted octanol–water partition coefficient (Wildman–Crippen LogP) is 3.53. The van der Waals surface area contributed by atoms with Crippen molar-refractivity contribution in [2.75, 3.05) is 32.8 Å². The quantitative estimate of drug-likeness (QED) is 0.340. The molecule has 0 bridgehead atoms. The van der Waals surface area contributed by atoms with Crippen molar-refractivity contribution in [1.29, 1.82) is 0 Å². The van der Waals surface area contributed by atoms with E-state index in [2.05, 4.69) is 34.9 Å². The Bertz CT molecular complexity index is 866. The maximum Gasteiger partial charge on any atom is 0.126 e. The van der Waals surface area contributed by atoms with Crippen molar-refractivity contribution in [3.8, 4) is 17.6 Å². The van der Waals surface area contributed by atoms with E-state index in [1.165, 1.54) is 17.5 Å². The number of hydrogen-bond donors (Lipinski definition) is 2. The molecule has 0 radical (unpaired) electrons. The molecule has 6 atom stereocenters. The minimum atomic E-state index is -0.559. The zero-order valence-electron chi connectivity index (χ0n) is 20.1. The summed E-state index contributed by atoms with van der Waals surface area (Å²) in [6.45, 7) is 8.76. The number of fused-ring (bicyclic) bond motifs is 3. The first-order chi connectivity index (χ1) is 16.1. The van der Waals surface area contributed by atoms with E-state index < -0.39 is 12.2 Å². The second-order valence-electron chi connectivity index (χ2n) is 9.79. The van der Waals surface area contributed by atoms with Crippen LogP contribution in [0.1, 0.15) is 56.6 Å². The van der Waals surface area contributed by atoms with Crippen LogP contribution in [0.4, 0.5) is 0 Å². The SMILES string of the molecule is CC#CC[C@@H](C)[C@@H](O)/C=C/[C@@H]1[C@H]2c3cccc(CCCCN4CCOCC4)c3O[C@H]2C[C@H]1O. The molecule has 1 saturated carbocycles. The van der Waals surface area contributed by atoms with Gasteiger partial charge >= 0.3 is 0 Å². The Kier molecular flexibility index (Phi) is 8.49. The van der Waals surface area contributed by atoms with Gasteiger partial charge in [0.2, 0.25) is 0 Å². The van der Waals surface area contributed by atoms with Crippen LogP contribution in [0.3, 0.4) is 0 Å². The van der Waals surface area contributed by atoms with Crippen LogP contribution in [0.5, 0.6) is 5.75 Å². The van der Waals surface area contributed by atoms with Crippen LogP contribution in [-0.4, -0.2) is 66.3 Å². The molecule has 1 aromatic rings. The average Bonchev–Trinajstić information content (AvgIpc) is 3.34. The van der Waals surface area contributed by atoms with Crippen LogP contribution in [0.25, 0.3) is 0 Å². The molecule has 3 aliphatic rings. The zero-order valence-corrected chi connectivity index (χ0v) is 20.1. The number of nitrogens with zero attached hydrogens (tertiary/aromatic N) is 1. The highest BCUT2D eigenvalue weighted by molar-refractivity contribution is 5.49. The minimum absolute atomic E-state index is 0.0136. The van der Waals surface area contributed by atoms with Gasteiger partial charge in [-0.1, -0.05) is 37.3 Å². The van der Waals surface area contributed by atoms with Gasteiger partial charge in [-0.05, 0) is 44.2 Å². The molecule has 1 aliphatic carbocycles. The highest BCUT2D eigenvalue weighted by Gasteiger charge is 2.48. The molecule has 33 heavy (non-hydrogen) atoms. The molecule has 5 heteroatoms. The number of aliphatic hydroxyl groups excluding tert-OH is 2. The maximum atomic E-state index is 10.7. The summed E-state index contributed by atoms with van der Waals surface area (Å²) in [5.41, 5.74) is 2.50. The molecule has 1 aromatic carbocycles. The Labute approximate surface area is 198 Å².